The van der Waals surface area contributed by atoms with Crippen molar-refractivity contribution in [1.82, 2.24) is 10.2 Å². The average molecular weight is 240 g/mol. The summed E-state index contributed by atoms with van der Waals surface area (Å²) in [6.45, 7) is 5.11. The summed E-state index contributed by atoms with van der Waals surface area (Å²) in [5.74, 6) is 1.94. The highest BCUT2D eigenvalue weighted by atomic mass is 16.5. The Morgan fingerprint density at radius 3 is 2.65 bits per heavy atom. The number of ether oxygens (including phenoxy) is 1. The lowest BCUT2D eigenvalue weighted by Gasteiger charge is -2.26. The molecule has 0 fully saturated rings. The number of methoxy groups -OCH3 is 1. The number of nitrogens with zero attached hydrogens (tertiary/aromatic N) is 1. The van der Waals surface area contributed by atoms with Crippen molar-refractivity contribution in [3.05, 3.63) is 0 Å². The van der Waals surface area contributed by atoms with Crippen LogP contribution in [0.4, 0.5) is 0 Å². The second-order valence-corrected chi connectivity index (χ2v) is 3.55. The van der Waals surface area contributed by atoms with E-state index in [0.29, 0.717) is 13.1 Å². The maximum absolute atomic E-state index is 11.7. The zero-order chi connectivity index (χ0) is 13.3. The molecule has 0 aromatic heterocycles. The molecule has 0 saturated heterocycles. The summed E-state index contributed by atoms with van der Waals surface area (Å²) in [5.41, 5.74) is 0. The molecule has 0 aromatic rings. The molecule has 5 heteroatoms. The van der Waals surface area contributed by atoms with Crippen LogP contribution in [0.5, 0.6) is 0 Å². The number of hydrogen-bond acceptors (Lipinski definition) is 4. The van der Waals surface area contributed by atoms with Crippen LogP contribution in [0.15, 0.2) is 0 Å². The molecular weight excluding hydrogens is 220 g/mol. The number of hydrogen-bond donors (Lipinski definition) is 1. The van der Waals surface area contributed by atoms with Crippen molar-refractivity contribution >= 4 is 11.9 Å². The molecule has 0 aliphatic heterocycles. The van der Waals surface area contributed by atoms with E-state index < -0.39 is 0 Å². The molecule has 0 aliphatic carbocycles. The van der Waals surface area contributed by atoms with E-state index in [0.717, 1.165) is 0 Å². The Bertz CT molecular complexity index is 297. The smallest absolute Gasteiger partial charge is 0.306 e. The number of carbonyl (C=O) groups excluding carboxylic acids is 2. The Morgan fingerprint density at radius 1 is 1.53 bits per heavy atom. The van der Waals surface area contributed by atoms with Crippen molar-refractivity contribution in [1.29, 1.82) is 0 Å². The monoisotopic (exact) mass is 240 g/mol. The Balaban J connectivity index is 4.20. The standard InChI is InChI=1S/C12H20N2O3/c1-5-8-13-12(16)10(3)14(6-2)9-7-11(15)17-4/h1,10H,6-9H2,2-4H3,(H,13,16). The van der Waals surface area contributed by atoms with Gasteiger partial charge in [0, 0.05) is 6.54 Å². The molecular formula is C12H20N2O3. The van der Waals surface area contributed by atoms with E-state index >= 15 is 0 Å². The summed E-state index contributed by atoms with van der Waals surface area (Å²) >= 11 is 0. The molecule has 96 valence electrons. The zero-order valence-electron chi connectivity index (χ0n) is 10.7. The Morgan fingerprint density at radius 2 is 2.18 bits per heavy atom. The first-order chi connectivity index (χ1) is 8.06. The third-order valence-electron chi connectivity index (χ3n) is 2.53. The van der Waals surface area contributed by atoms with E-state index in [2.05, 4.69) is 16.0 Å². The number of terminal acetylenes is 1. The van der Waals surface area contributed by atoms with Gasteiger partial charge < -0.3 is 10.1 Å². The van der Waals surface area contributed by atoms with E-state index in [1.807, 2.05) is 11.8 Å². The summed E-state index contributed by atoms with van der Waals surface area (Å²) < 4.78 is 4.56. The van der Waals surface area contributed by atoms with Gasteiger partial charge in [0.25, 0.3) is 0 Å². The predicted molar refractivity (Wildman–Crippen MR) is 65.2 cm³/mol. The fourth-order valence-corrected chi connectivity index (χ4v) is 1.41. The summed E-state index contributed by atoms with van der Waals surface area (Å²) in [4.78, 5) is 24.6. The van der Waals surface area contributed by atoms with Gasteiger partial charge in [-0.3, -0.25) is 14.5 Å². The molecule has 17 heavy (non-hydrogen) atoms. The van der Waals surface area contributed by atoms with Crippen LogP contribution in [-0.2, 0) is 14.3 Å². The molecule has 0 radical (unpaired) electrons. The molecule has 0 saturated carbocycles. The molecule has 1 N–H and O–H groups in total. The second kappa shape index (κ2) is 8.59. The van der Waals surface area contributed by atoms with Gasteiger partial charge in [0.05, 0.1) is 26.1 Å². The number of rotatable bonds is 7. The molecule has 1 unspecified atom stereocenters. The first kappa shape index (κ1) is 15.5. The van der Waals surface area contributed by atoms with Crippen molar-refractivity contribution in [3.8, 4) is 12.3 Å². The molecule has 1 atom stereocenters. The third-order valence-corrected chi connectivity index (χ3v) is 2.53. The SMILES string of the molecule is C#CCNC(=O)C(C)N(CC)CCC(=O)OC. The molecule has 0 spiro atoms. The van der Waals surface area contributed by atoms with Crippen molar-refractivity contribution in [2.75, 3.05) is 26.7 Å². The van der Waals surface area contributed by atoms with Crippen molar-refractivity contribution in [2.45, 2.75) is 26.3 Å². The quantitative estimate of drug-likeness (QED) is 0.503. The summed E-state index contributed by atoms with van der Waals surface area (Å²) in [5, 5.41) is 2.62. The Labute approximate surface area is 102 Å². The van der Waals surface area contributed by atoms with Crippen LogP contribution in [0.25, 0.3) is 0 Å². The van der Waals surface area contributed by atoms with E-state index in [-0.39, 0.29) is 30.9 Å². The average Bonchev–Trinajstić information content (AvgIpc) is 2.35. The molecule has 1 amide bonds. The maximum Gasteiger partial charge on any atom is 0.306 e. The summed E-state index contributed by atoms with van der Waals surface area (Å²) in [6, 6.07) is -0.307. The minimum Gasteiger partial charge on any atom is -0.469 e. The van der Waals surface area contributed by atoms with Crippen LogP contribution in [0.2, 0.25) is 0 Å². The van der Waals surface area contributed by atoms with Gasteiger partial charge in [0.2, 0.25) is 5.91 Å². The highest BCUT2D eigenvalue weighted by Crippen LogP contribution is 2.01. The largest absolute Gasteiger partial charge is 0.469 e. The number of nitrogens with one attached hydrogen (secondary N) is 1. The first-order valence-corrected chi connectivity index (χ1v) is 5.58. The minimum absolute atomic E-state index is 0.130. The lowest BCUT2D eigenvalue weighted by atomic mass is 10.2. The van der Waals surface area contributed by atoms with Crippen LogP contribution in [0, 0.1) is 12.3 Å². The van der Waals surface area contributed by atoms with Gasteiger partial charge in [-0.05, 0) is 13.5 Å². The van der Waals surface area contributed by atoms with Crippen LogP contribution < -0.4 is 5.32 Å². The van der Waals surface area contributed by atoms with E-state index in [1.54, 1.807) is 6.92 Å². The minimum atomic E-state index is -0.307. The predicted octanol–water partition coefficient (Wildman–Crippen LogP) is 0.00930. The number of carbonyl (C=O) groups is 2. The van der Waals surface area contributed by atoms with Crippen LogP contribution in [-0.4, -0.2) is 49.6 Å². The van der Waals surface area contributed by atoms with E-state index in [9.17, 15) is 9.59 Å². The van der Waals surface area contributed by atoms with Crippen molar-refractivity contribution in [3.63, 3.8) is 0 Å². The van der Waals surface area contributed by atoms with Gasteiger partial charge in [-0.2, -0.15) is 0 Å². The van der Waals surface area contributed by atoms with E-state index in [4.69, 9.17) is 6.42 Å². The summed E-state index contributed by atoms with van der Waals surface area (Å²) in [7, 11) is 1.35. The zero-order valence-corrected chi connectivity index (χ0v) is 10.7. The number of esters is 1. The highest BCUT2D eigenvalue weighted by Gasteiger charge is 2.19. The van der Waals surface area contributed by atoms with Gasteiger partial charge in [-0.1, -0.05) is 12.8 Å². The Kier molecular flexibility index (Phi) is 7.82. The highest BCUT2D eigenvalue weighted by molar-refractivity contribution is 5.81. The fraction of sp³-hybridized carbons (Fsp3) is 0.667. The van der Waals surface area contributed by atoms with E-state index in [1.165, 1.54) is 7.11 Å². The van der Waals surface area contributed by atoms with Crippen LogP contribution in [0.1, 0.15) is 20.3 Å². The van der Waals surface area contributed by atoms with Crippen molar-refractivity contribution in [2.24, 2.45) is 0 Å². The lowest BCUT2D eigenvalue weighted by Crippen LogP contribution is -2.45. The fourth-order valence-electron chi connectivity index (χ4n) is 1.41. The van der Waals surface area contributed by atoms with Crippen LogP contribution >= 0.6 is 0 Å². The molecule has 0 rings (SSSR count). The van der Waals surface area contributed by atoms with Crippen molar-refractivity contribution < 1.29 is 14.3 Å². The lowest BCUT2D eigenvalue weighted by molar-refractivity contribution is -0.141. The third kappa shape index (κ3) is 5.93. The van der Waals surface area contributed by atoms with Crippen LogP contribution in [0.3, 0.4) is 0 Å². The molecule has 5 nitrogen and oxygen atoms in total. The maximum atomic E-state index is 11.7. The van der Waals surface area contributed by atoms with Gasteiger partial charge in [0.1, 0.15) is 0 Å². The molecule has 0 bridgehead atoms. The van der Waals surface area contributed by atoms with Gasteiger partial charge in [-0.15, -0.1) is 6.42 Å². The summed E-state index contributed by atoms with van der Waals surface area (Å²) in [6.07, 6.45) is 5.34. The van der Waals surface area contributed by atoms with Gasteiger partial charge in [-0.25, -0.2) is 0 Å². The van der Waals surface area contributed by atoms with Gasteiger partial charge >= 0.3 is 5.97 Å². The molecule has 0 aliphatic rings. The normalized spacial score (nSPS) is 11.7. The topological polar surface area (TPSA) is 58.6 Å². The molecule has 0 heterocycles. The first-order valence-electron chi connectivity index (χ1n) is 5.58. The number of amides is 1. The second-order valence-electron chi connectivity index (χ2n) is 3.55. The molecule has 0 aromatic carbocycles. The van der Waals surface area contributed by atoms with Gasteiger partial charge in [0.15, 0.2) is 0 Å². The Hall–Kier alpha value is -1.54. The number of likely N-dealkylation sites (N-methyl/N-ethyl adjacent to an activating group) is 1.